The van der Waals surface area contributed by atoms with E-state index >= 15 is 0 Å². The summed E-state index contributed by atoms with van der Waals surface area (Å²) in [5.41, 5.74) is 1.09. The molecule has 25 heavy (non-hydrogen) atoms. The predicted octanol–water partition coefficient (Wildman–Crippen LogP) is 2.33. The van der Waals surface area contributed by atoms with Crippen LogP contribution >= 0.6 is 12.2 Å². The summed E-state index contributed by atoms with van der Waals surface area (Å²) in [6.45, 7) is 7.78. The van der Waals surface area contributed by atoms with Gasteiger partial charge in [0.05, 0.1) is 18.8 Å². The van der Waals surface area contributed by atoms with Crippen LogP contribution in [0.2, 0.25) is 0 Å². The number of carbonyl (C=O) groups is 1. The molecular formula is C19H25NO4S. The number of amides is 1. The highest BCUT2D eigenvalue weighted by molar-refractivity contribution is 7.80. The van der Waals surface area contributed by atoms with Gasteiger partial charge in [-0.1, -0.05) is 50.3 Å². The van der Waals surface area contributed by atoms with Crippen molar-refractivity contribution in [2.45, 2.75) is 38.5 Å². The molecule has 0 radical (unpaired) electrons. The van der Waals surface area contributed by atoms with Gasteiger partial charge in [-0.15, -0.1) is 6.58 Å². The van der Waals surface area contributed by atoms with E-state index in [1.165, 1.54) is 4.90 Å². The van der Waals surface area contributed by atoms with Crippen LogP contribution in [0.15, 0.2) is 43.0 Å². The molecule has 1 aromatic rings. The van der Waals surface area contributed by atoms with E-state index in [1.807, 2.05) is 44.2 Å². The first kappa shape index (κ1) is 19.6. The summed E-state index contributed by atoms with van der Waals surface area (Å²) in [5.74, 6) is -0.505. The second-order valence-corrected chi connectivity index (χ2v) is 6.76. The van der Waals surface area contributed by atoms with Crippen LogP contribution in [0.25, 0.3) is 0 Å². The highest BCUT2D eigenvalue weighted by Gasteiger charge is 2.41. The molecule has 1 aromatic carbocycles. The van der Waals surface area contributed by atoms with Crippen LogP contribution in [0, 0.1) is 5.92 Å². The Bertz CT molecular complexity index is 605. The average molecular weight is 363 g/mol. The molecule has 1 aliphatic rings. The Morgan fingerprint density at radius 3 is 2.76 bits per heavy atom. The standard InChI is InChI=1S/C19H25NO4S/c1-4-10-23-17(16(21)13(2)3)18(22)20-15(12-24-19(20)25)11-14-8-6-5-7-9-14/h4-9,13,15-17,21H,1,10-12H2,2-3H3/t15-,16-,17+/m0/s1. The zero-order valence-corrected chi connectivity index (χ0v) is 15.4. The summed E-state index contributed by atoms with van der Waals surface area (Å²) in [4.78, 5) is 14.5. The molecule has 1 fully saturated rings. The minimum atomic E-state index is -1.00. The molecule has 6 heteroatoms. The number of ether oxygens (including phenoxy) is 2. The third-order valence-corrected chi connectivity index (χ3v) is 4.46. The lowest BCUT2D eigenvalue weighted by molar-refractivity contribution is -0.149. The second-order valence-electron chi connectivity index (χ2n) is 6.41. The molecule has 0 aromatic heterocycles. The Labute approximate surface area is 154 Å². The topological polar surface area (TPSA) is 59.0 Å². The molecule has 136 valence electrons. The van der Waals surface area contributed by atoms with Gasteiger partial charge in [-0.05, 0) is 30.1 Å². The summed E-state index contributed by atoms with van der Waals surface area (Å²) in [7, 11) is 0. The molecule has 0 bridgehead atoms. The minimum Gasteiger partial charge on any atom is -0.468 e. The van der Waals surface area contributed by atoms with Crippen molar-refractivity contribution in [3.63, 3.8) is 0 Å². The van der Waals surface area contributed by atoms with Crippen molar-refractivity contribution in [1.82, 2.24) is 4.90 Å². The van der Waals surface area contributed by atoms with Crippen molar-refractivity contribution in [2.24, 2.45) is 5.92 Å². The van der Waals surface area contributed by atoms with Gasteiger partial charge in [0, 0.05) is 0 Å². The van der Waals surface area contributed by atoms with Gasteiger partial charge in [-0.2, -0.15) is 0 Å². The van der Waals surface area contributed by atoms with Crippen molar-refractivity contribution in [1.29, 1.82) is 0 Å². The van der Waals surface area contributed by atoms with Gasteiger partial charge in [0.1, 0.15) is 6.61 Å². The lowest BCUT2D eigenvalue weighted by Gasteiger charge is -2.30. The summed E-state index contributed by atoms with van der Waals surface area (Å²) >= 11 is 5.22. The molecule has 0 saturated carbocycles. The maximum absolute atomic E-state index is 13.0. The van der Waals surface area contributed by atoms with Gasteiger partial charge >= 0.3 is 0 Å². The van der Waals surface area contributed by atoms with Gasteiger partial charge in [0.25, 0.3) is 11.1 Å². The number of aliphatic hydroxyl groups is 1. The Balaban J connectivity index is 2.19. The number of rotatable bonds is 8. The van der Waals surface area contributed by atoms with Crippen LogP contribution in [0.4, 0.5) is 0 Å². The van der Waals surface area contributed by atoms with Crippen molar-refractivity contribution < 1.29 is 19.4 Å². The molecule has 1 aliphatic heterocycles. The number of hydrogen-bond donors (Lipinski definition) is 1. The fourth-order valence-corrected chi connectivity index (χ4v) is 3.05. The van der Waals surface area contributed by atoms with E-state index < -0.39 is 12.2 Å². The van der Waals surface area contributed by atoms with E-state index in [9.17, 15) is 9.90 Å². The minimum absolute atomic E-state index is 0.133. The second kappa shape index (κ2) is 9.08. The van der Waals surface area contributed by atoms with Crippen LogP contribution < -0.4 is 0 Å². The summed E-state index contributed by atoms with van der Waals surface area (Å²) < 4.78 is 11.0. The monoisotopic (exact) mass is 363 g/mol. The van der Waals surface area contributed by atoms with Crippen LogP contribution in [0.3, 0.4) is 0 Å². The molecule has 3 atom stereocenters. The predicted molar refractivity (Wildman–Crippen MR) is 100 cm³/mol. The number of benzene rings is 1. The first-order valence-corrected chi connectivity index (χ1v) is 8.80. The number of thiocarbonyl (C=S) groups is 1. The molecule has 0 spiro atoms. The van der Waals surface area contributed by atoms with Crippen molar-refractivity contribution in [2.75, 3.05) is 13.2 Å². The Morgan fingerprint density at radius 2 is 2.16 bits per heavy atom. The normalized spacial score (nSPS) is 19.6. The molecule has 0 unspecified atom stereocenters. The smallest absolute Gasteiger partial charge is 0.266 e. The fourth-order valence-electron chi connectivity index (χ4n) is 2.74. The molecule has 5 nitrogen and oxygen atoms in total. The molecule has 1 heterocycles. The molecule has 2 rings (SSSR count). The quantitative estimate of drug-likeness (QED) is 0.567. The van der Waals surface area contributed by atoms with Gasteiger partial charge in [0.2, 0.25) is 0 Å². The summed E-state index contributed by atoms with van der Waals surface area (Å²) in [6, 6.07) is 9.64. The van der Waals surface area contributed by atoms with E-state index in [1.54, 1.807) is 6.08 Å². The largest absolute Gasteiger partial charge is 0.468 e. The first-order valence-electron chi connectivity index (χ1n) is 8.40. The van der Waals surface area contributed by atoms with E-state index in [2.05, 4.69) is 6.58 Å². The molecule has 1 amide bonds. The lowest BCUT2D eigenvalue weighted by Crippen LogP contribution is -2.51. The number of aliphatic hydroxyl groups excluding tert-OH is 1. The SMILES string of the molecule is C=CCO[C@@H](C(=O)N1C(=S)OC[C@@H]1Cc1ccccc1)[C@@H](O)C(C)C. The highest BCUT2D eigenvalue weighted by Crippen LogP contribution is 2.22. The molecule has 1 saturated heterocycles. The molecular weight excluding hydrogens is 338 g/mol. The molecule has 1 N–H and O–H groups in total. The van der Waals surface area contributed by atoms with Crippen molar-refractivity contribution in [3.05, 3.63) is 48.6 Å². The maximum Gasteiger partial charge on any atom is 0.266 e. The van der Waals surface area contributed by atoms with Gasteiger partial charge in [-0.25, -0.2) is 0 Å². The first-order chi connectivity index (χ1) is 12.0. The van der Waals surface area contributed by atoms with Gasteiger partial charge in [-0.3, -0.25) is 9.69 Å². The third kappa shape index (κ3) is 4.87. The van der Waals surface area contributed by atoms with Crippen LogP contribution in [0.5, 0.6) is 0 Å². The summed E-state index contributed by atoms with van der Waals surface area (Å²) in [5, 5.41) is 10.5. The summed E-state index contributed by atoms with van der Waals surface area (Å²) in [6.07, 6.45) is 0.232. The van der Waals surface area contributed by atoms with Crippen LogP contribution in [-0.4, -0.2) is 52.6 Å². The average Bonchev–Trinajstić information content (AvgIpc) is 2.96. The van der Waals surface area contributed by atoms with Crippen molar-refractivity contribution >= 4 is 23.3 Å². The van der Waals surface area contributed by atoms with Crippen LogP contribution in [0.1, 0.15) is 19.4 Å². The molecule has 0 aliphatic carbocycles. The lowest BCUT2D eigenvalue weighted by atomic mass is 9.99. The Morgan fingerprint density at radius 1 is 1.48 bits per heavy atom. The van der Waals surface area contributed by atoms with E-state index in [-0.39, 0.29) is 29.6 Å². The Kier molecular flexibility index (Phi) is 7.11. The number of hydrogen-bond acceptors (Lipinski definition) is 5. The maximum atomic E-state index is 13.0. The number of nitrogens with zero attached hydrogens (tertiary/aromatic N) is 1. The van der Waals surface area contributed by atoms with Gasteiger partial charge < -0.3 is 14.6 Å². The van der Waals surface area contributed by atoms with Crippen molar-refractivity contribution in [3.8, 4) is 0 Å². The van der Waals surface area contributed by atoms with E-state index in [0.29, 0.717) is 13.0 Å². The zero-order valence-electron chi connectivity index (χ0n) is 14.6. The highest BCUT2D eigenvalue weighted by atomic mass is 32.1. The zero-order chi connectivity index (χ0) is 18.4. The number of carbonyl (C=O) groups excluding carboxylic acids is 1. The van der Waals surface area contributed by atoms with E-state index in [0.717, 1.165) is 5.56 Å². The van der Waals surface area contributed by atoms with E-state index in [4.69, 9.17) is 21.7 Å². The van der Waals surface area contributed by atoms with Crippen LogP contribution in [-0.2, 0) is 20.7 Å². The van der Waals surface area contributed by atoms with Gasteiger partial charge in [0.15, 0.2) is 6.10 Å². The Hall–Kier alpha value is -1.76. The fraction of sp³-hybridized carbons (Fsp3) is 0.474. The third-order valence-electron chi connectivity index (χ3n) is 4.14.